The van der Waals surface area contributed by atoms with Crippen molar-refractivity contribution < 1.29 is 28.6 Å². The van der Waals surface area contributed by atoms with E-state index in [1.807, 2.05) is 0 Å². The van der Waals surface area contributed by atoms with Gasteiger partial charge in [-0.1, -0.05) is 0 Å². The Balaban J connectivity index is 2.31. The van der Waals surface area contributed by atoms with Crippen LogP contribution >= 0.6 is 11.3 Å². The van der Waals surface area contributed by atoms with Gasteiger partial charge in [0, 0.05) is 18.2 Å². The first kappa shape index (κ1) is 16.0. The van der Waals surface area contributed by atoms with Crippen LogP contribution in [0.15, 0.2) is 24.4 Å². The zero-order valence-corrected chi connectivity index (χ0v) is 11.9. The van der Waals surface area contributed by atoms with E-state index in [0.717, 1.165) is 29.5 Å². The summed E-state index contributed by atoms with van der Waals surface area (Å²) in [7, 11) is 0. The number of aliphatic carboxylic acids is 2. The van der Waals surface area contributed by atoms with Crippen LogP contribution in [0.25, 0.3) is 10.4 Å². The minimum absolute atomic E-state index is 0.269. The van der Waals surface area contributed by atoms with Gasteiger partial charge in [-0.25, -0.2) is 13.8 Å². The van der Waals surface area contributed by atoms with E-state index in [-0.39, 0.29) is 18.4 Å². The quantitative estimate of drug-likeness (QED) is 0.851. The van der Waals surface area contributed by atoms with E-state index in [9.17, 15) is 18.4 Å². The molecule has 1 heterocycles. The summed E-state index contributed by atoms with van der Waals surface area (Å²) in [5.74, 6) is -4.54. The lowest BCUT2D eigenvalue weighted by Gasteiger charge is -2.08. The number of nitrogens with zero attached hydrogens (tertiary/aromatic N) is 1. The van der Waals surface area contributed by atoms with Crippen LogP contribution in [0.3, 0.4) is 0 Å². The summed E-state index contributed by atoms with van der Waals surface area (Å²) in [6.07, 6.45) is 0.596. The molecule has 1 aromatic carbocycles. The predicted octanol–water partition coefficient (Wildman–Crippen LogP) is 3.12. The zero-order valence-electron chi connectivity index (χ0n) is 11.1. The highest BCUT2D eigenvalue weighted by Crippen LogP contribution is 2.33. The first-order valence-electron chi connectivity index (χ1n) is 6.21. The number of thiazole rings is 1. The van der Waals surface area contributed by atoms with Crippen molar-refractivity contribution in [3.05, 3.63) is 41.0 Å². The highest BCUT2D eigenvalue weighted by Gasteiger charge is 2.22. The van der Waals surface area contributed by atoms with Gasteiger partial charge in [-0.15, -0.1) is 11.3 Å². The molecule has 2 rings (SSSR count). The molecule has 0 aliphatic carbocycles. The lowest BCUT2D eigenvalue weighted by atomic mass is 10.0. The van der Waals surface area contributed by atoms with Crippen LogP contribution in [0.4, 0.5) is 8.78 Å². The zero-order chi connectivity index (χ0) is 16.3. The van der Waals surface area contributed by atoms with Gasteiger partial charge in [0.15, 0.2) is 0 Å². The van der Waals surface area contributed by atoms with Gasteiger partial charge < -0.3 is 10.2 Å². The summed E-state index contributed by atoms with van der Waals surface area (Å²) in [4.78, 5) is 26.1. The molecule has 0 radical (unpaired) electrons. The van der Waals surface area contributed by atoms with Crippen LogP contribution in [-0.2, 0) is 9.59 Å². The van der Waals surface area contributed by atoms with Crippen LogP contribution in [0, 0.1) is 11.6 Å². The van der Waals surface area contributed by atoms with Gasteiger partial charge in [0.2, 0.25) is 0 Å². The third-order valence-corrected chi connectivity index (χ3v) is 4.07. The molecule has 116 valence electrons. The molecule has 0 fully saturated rings. The van der Waals surface area contributed by atoms with Crippen molar-refractivity contribution >= 4 is 23.3 Å². The number of carboxylic acids is 2. The molecule has 0 amide bonds. The fourth-order valence-corrected chi connectivity index (χ4v) is 2.98. The van der Waals surface area contributed by atoms with Gasteiger partial charge in [-0.05, 0) is 17.7 Å². The average Bonchev–Trinajstić information content (AvgIpc) is 2.85. The summed E-state index contributed by atoms with van der Waals surface area (Å²) in [5, 5.41) is 18.0. The normalized spacial score (nSPS) is 10.9. The van der Waals surface area contributed by atoms with Gasteiger partial charge in [0.1, 0.15) is 11.6 Å². The topological polar surface area (TPSA) is 87.5 Å². The molecule has 0 saturated carbocycles. The van der Waals surface area contributed by atoms with Crippen molar-refractivity contribution in [2.75, 3.05) is 0 Å². The monoisotopic (exact) mass is 327 g/mol. The largest absolute Gasteiger partial charge is 0.481 e. The Morgan fingerprint density at radius 2 is 1.64 bits per heavy atom. The molecule has 0 unspecified atom stereocenters. The molecule has 22 heavy (non-hydrogen) atoms. The van der Waals surface area contributed by atoms with Crippen LogP contribution in [-0.4, -0.2) is 27.1 Å². The Labute approximate surface area is 127 Å². The summed E-state index contributed by atoms with van der Waals surface area (Å²) < 4.78 is 26.4. The van der Waals surface area contributed by atoms with Crippen LogP contribution in [0.1, 0.15) is 23.8 Å². The predicted molar refractivity (Wildman–Crippen MR) is 74.7 cm³/mol. The number of rotatable bonds is 6. The minimum Gasteiger partial charge on any atom is -0.481 e. The van der Waals surface area contributed by atoms with E-state index in [1.165, 1.54) is 6.20 Å². The van der Waals surface area contributed by atoms with E-state index < -0.39 is 29.5 Å². The molecule has 0 bridgehead atoms. The molecule has 1 aromatic heterocycles. The molecule has 0 aliphatic heterocycles. The third kappa shape index (κ3) is 4.08. The second kappa shape index (κ2) is 6.61. The van der Waals surface area contributed by atoms with Gasteiger partial charge >= 0.3 is 11.9 Å². The highest BCUT2D eigenvalue weighted by atomic mass is 32.1. The third-order valence-electron chi connectivity index (χ3n) is 2.86. The minimum atomic E-state index is -1.14. The van der Waals surface area contributed by atoms with Crippen molar-refractivity contribution in [3.8, 4) is 10.4 Å². The smallest absolute Gasteiger partial charge is 0.304 e. The Bertz CT molecular complexity index is 680. The van der Waals surface area contributed by atoms with E-state index >= 15 is 0 Å². The number of aromatic nitrogens is 1. The summed E-state index contributed by atoms with van der Waals surface area (Å²) in [6.45, 7) is 0. The summed E-state index contributed by atoms with van der Waals surface area (Å²) in [6, 6.07) is 3.00. The number of carbonyl (C=O) groups is 2. The van der Waals surface area contributed by atoms with E-state index in [4.69, 9.17) is 10.2 Å². The van der Waals surface area contributed by atoms with E-state index in [1.54, 1.807) is 0 Å². The maximum atomic E-state index is 13.2. The van der Waals surface area contributed by atoms with Crippen molar-refractivity contribution in [1.29, 1.82) is 0 Å². The average molecular weight is 327 g/mol. The van der Waals surface area contributed by atoms with Crippen LogP contribution in [0.2, 0.25) is 0 Å². The second-order valence-corrected chi connectivity index (χ2v) is 5.68. The standard InChI is InChI=1S/C14H11F2NO4S/c15-9-1-7(2-10(16)5-9)11-6-17-14(22-11)8(3-12(18)19)4-13(20)21/h1-2,5-6,8H,3-4H2,(H,18,19)(H,20,21). The molecule has 2 N–H and O–H groups in total. The maximum Gasteiger partial charge on any atom is 0.304 e. The molecule has 0 atom stereocenters. The van der Waals surface area contributed by atoms with Gasteiger partial charge in [0.05, 0.1) is 22.7 Å². The molecule has 0 aliphatic rings. The van der Waals surface area contributed by atoms with Crippen molar-refractivity contribution in [2.45, 2.75) is 18.8 Å². The number of hydrogen-bond donors (Lipinski definition) is 2. The Morgan fingerprint density at radius 1 is 1.09 bits per heavy atom. The van der Waals surface area contributed by atoms with E-state index in [2.05, 4.69) is 4.98 Å². The molecule has 8 heteroatoms. The Kier molecular flexibility index (Phi) is 4.81. The molecule has 0 spiro atoms. The first-order valence-corrected chi connectivity index (χ1v) is 7.02. The number of hydrogen-bond acceptors (Lipinski definition) is 4. The Morgan fingerprint density at radius 3 is 2.14 bits per heavy atom. The SMILES string of the molecule is O=C(O)CC(CC(=O)O)c1ncc(-c2cc(F)cc(F)c2)s1. The van der Waals surface area contributed by atoms with Crippen molar-refractivity contribution in [1.82, 2.24) is 4.98 Å². The lowest BCUT2D eigenvalue weighted by molar-refractivity contribution is -0.139. The molecular formula is C14H11F2NO4S. The first-order chi connectivity index (χ1) is 10.3. The van der Waals surface area contributed by atoms with E-state index in [0.29, 0.717) is 9.88 Å². The second-order valence-electron chi connectivity index (χ2n) is 4.61. The van der Waals surface area contributed by atoms with Crippen molar-refractivity contribution in [2.24, 2.45) is 0 Å². The fourth-order valence-electron chi connectivity index (χ4n) is 1.97. The van der Waals surface area contributed by atoms with Gasteiger partial charge in [-0.3, -0.25) is 9.59 Å². The van der Waals surface area contributed by atoms with Crippen molar-refractivity contribution in [3.63, 3.8) is 0 Å². The highest BCUT2D eigenvalue weighted by molar-refractivity contribution is 7.15. The van der Waals surface area contributed by atoms with Gasteiger partial charge in [0.25, 0.3) is 0 Å². The number of carboxylic acid groups (broad SMARTS) is 2. The molecule has 2 aromatic rings. The van der Waals surface area contributed by atoms with Gasteiger partial charge in [-0.2, -0.15) is 0 Å². The number of benzene rings is 1. The molecular weight excluding hydrogens is 316 g/mol. The Hall–Kier alpha value is -2.35. The van der Waals surface area contributed by atoms with Crippen LogP contribution < -0.4 is 0 Å². The molecule has 0 saturated heterocycles. The summed E-state index contributed by atoms with van der Waals surface area (Å²) in [5.41, 5.74) is 0.269. The molecule has 5 nitrogen and oxygen atoms in total. The summed E-state index contributed by atoms with van der Waals surface area (Å²) >= 11 is 1.02. The maximum absolute atomic E-state index is 13.2. The fraction of sp³-hybridized carbons (Fsp3) is 0.214. The lowest BCUT2D eigenvalue weighted by Crippen LogP contribution is -2.10. The number of halogens is 2. The van der Waals surface area contributed by atoms with Crippen LogP contribution in [0.5, 0.6) is 0 Å².